The van der Waals surface area contributed by atoms with Crippen molar-refractivity contribution in [2.75, 3.05) is 48.3 Å². The van der Waals surface area contributed by atoms with E-state index >= 15 is 0 Å². The Bertz CT molecular complexity index is 113. The van der Waals surface area contributed by atoms with Gasteiger partial charge in [0, 0.05) is 0 Å². The van der Waals surface area contributed by atoms with Gasteiger partial charge >= 0.3 is 21.7 Å². The van der Waals surface area contributed by atoms with Gasteiger partial charge in [0.25, 0.3) is 0 Å². The molecule has 0 saturated heterocycles. The Morgan fingerprint density at radius 2 is 1.12 bits per heavy atom. The van der Waals surface area contributed by atoms with E-state index in [4.69, 9.17) is 0 Å². The average molecular weight is 278 g/mol. The minimum atomic E-state index is 0. The molecule has 0 aliphatic rings. The largest absolute Gasteiger partial charge is 4.00 e. The van der Waals surface area contributed by atoms with Crippen molar-refractivity contribution in [3.05, 3.63) is 23.4 Å². The Labute approximate surface area is 124 Å². The minimum absolute atomic E-state index is 0. The Balaban J connectivity index is -0.000000152. The third kappa shape index (κ3) is 22.2. The van der Waals surface area contributed by atoms with E-state index in [1.54, 1.807) is 14.1 Å². The van der Waals surface area contributed by atoms with Crippen molar-refractivity contribution < 1.29 is 21.7 Å². The molecule has 0 aliphatic carbocycles. The van der Waals surface area contributed by atoms with Crippen LogP contribution in [-0.4, -0.2) is 65.3 Å². The fourth-order valence-corrected chi connectivity index (χ4v) is 1.14. The zero-order valence-electron chi connectivity index (χ0n) is 12.9. The standard InChI is InChI=1S/C9H21N3.C2H6N.CH3.Ti/c1-8(10-3)6-12(5)7-9(2)11-4;1-3-2;;/h8-9H,6-7H2,1-5H3;1-2H3;1H3;/q-2;2*-1;+4. The second-order valence-electron chi connectivity index (χ2n) is 3.88. The monoisotopic (exact) mass is 278 g/mol. The van der Waals surface area contributed by atoms with Crippen LogP contribution in [-0.2, 0) is 21.7 Å². The van der Waals surface area contributed by atoms with Gasteiger partial charge in [-0.1, -0.05) is 13.8 Å². The first-order valence-corrected chi connectivity index (χ1v) is 5.36. The SMILES string of the molecule is C[N-]C.C[N-]C(C)CN(C)CC(C)[N-]C.[CH3-].[Ti+4]. The summed E-state index contributed by atoms with van der Waals surface area (Å²) in [6.07, 6.45) is 0. The second kappa shape index (κ2) is 18.9. The first kappa shape index (κ1) is 26.2. The maximum atomic E-state index is 4.19. The molecule has 0 aromatic rings. The molecule has 0 aliphatic heterocycles. The second-order valence-corrected chi connectivity index (χ2v) is 3.88. The zero-order valence-corrected chi connectivity index (χ0v) is 14.4. The van der Waals surface area contributed by atoms with Crippen molar-refractivity contribution in [1.82, 2.24) is 4.90 Å². The van der Waals surface area contributed by atoms with E-state index in [2.05, 4.69) is 41.7 Å². The van der Waals surface area contributed by atoms with Crippen LogP contribution in [0.3, 0.4) is 0 Å². The molecule has 17 heavy (non-hydrogen) atoms. The first-order valence-electron chi connectivity index (χ1n) is 5.36. The molecule has 0 rings (SSSR count). The van der Waals surface area contributed by atoms with Crippen molar-refractivity contribution in [3.63, 3.8) is 0 Å². The minimum Gasteiger partial charge on any atom is -0.668 e. The van der Waals surface area contributed by atoms with Gasteiger partial charge in [0.15, 0.2) is 0 Å². The molecule has 0 spiro atoms. The maximum absolute atomic E-state index is 4.19. The van der Waals surface area contributed by atoms with E-state index in [0.29, 0.717) is 12.1 Å². The summed E-state index contributed by atoms with van der Waals surface area (Å²) < 4.78 is 0. The van der Waals surface area contributed by atoms with Crippen LogP contribution >= 0.6 is 0 Å². The molecule has 0 bridgehead atoms. The molecular weight excluding hydrogens is 248 g/mol. The van der Waals surface area contributed by atoms with E-state index in [-0.39, 0.29) is 29.1 Å². The summed E-state index contributed by atoms with van der Waals surface area (Å²) in [4.78, 5) is 2.27. The molecule has 0 amide bonds. The van der Waals surface area contributed by atoms with Gasteiger partial charge in [-0.15, -0.1) is 12.1 Å². The van der Waals surface area contributed by atoms with Crippen molar-refractivity contribution >= 4 is 0 Å². The molecule has 0 fully saturated rings. The molecule has 0 aromatic heterocycles. The van der Waals surface area contributed by atoms with Gasteiger partial charge < -0.3 is 28.3 Å². The van der Waals surface area contributed by atoms with Crippen LogP contribution in [0, 0.1) is 7.43 Å². The van der Waals surface area contributed by atoms with Crippen LogP contribution in [0.2, 0.25) is 0 Å². The van der Waals surface area contributed by atoms with Crippen LogP contribution in [0.1, 0.15) is 13.8 Å². The van der Waals surface area contributed by atoms with Gasteiger partial charge in [0.1, 0.15) is 0 Å². The Morgan fingerprint density at radius 3 is 1.29 bits per heavy atom. The fraction of sp³-hybridized carbons (Fsp3) is 0.917. The summed E-state index contributed by atoms with van der Waals surface area (Å²) in [7, 11) is 9.35. The summed E-state index contributed by atoms with van der Waals surface area (Å²) in [5.41, 5.74) is 0. The first-order chi connectivity index (χ1) is 7.01. The van der Waals surface area contributed by atoms with E-state index in [9.17, 15) is 0 Å². The topological polar surface area (TPSA) is 45.5 Å². The number of rotatable bonds is 6. The van der Waals surface area contributed by atoms with E-state index in [1.165, 1.54) is 0 Å². The maximum Gasteiger partial charge on any atom is 4.00 e. The van der Waals surface area contributed by atoms with Crippen LogP contribution in [0.5, 0.6) is 0 Å². The number of hydrogen-bond donors (Lipinski definition) is 0. The zero-order chi connectivity index (χ0) is 12.3. The number of nitrogens with zero attached hydrogens (tertiary/aromatic N) is 4. The summed E-state index contributed by atoms with van der Waals surface area (Å²) in [5, 5.41) is 11.9. The molecule has 4 nitrogen and oxygen atoms in total. The van der Waals surface area contributed by atoms with Gasteiger partial charge in [0.05, 0.1) is 0 Å². The summed E-state index contributed by atoms with van der Waals surface area (Å²) in [5.74, 6) is 0. The fourth-order valence-electron chi connectivity index (χ4n) is 1.14. The van der Waals surface area contributed by atoms with E-state index in [1.807, 2.05) is 14.1 Å². The third-order valence-electron chi connectivity index (χ3n) is 2.03. The predicted molar refractivity (Wildman–Crippen MR) is 76.6 cm³/mol. The molecule has 0 saturated carbocycles. The van der Waals surface area contributed by atoms with Crippen LogP contribution in [0.25, 0.3) is 16.0 Å². The normalized spacial score (nSPS) is 12.7. The van der Waals surface area contributed by atoms with Crippen molar-refractivity contribution in [2.45, 2.75) is 25.9 Å². The Morgan fingerprint density at radius 1 is 0.882 bits per heavy atom. The third-order valence-corrected chi connectivity index (χ3v) is 2.03. The summed E-state index contributed by atoms with van der Waals surface area (Å²) in [6.45, 7) is 6.31. The summed E-state index contributed by atoms with van der Waals surface area (Å²) in [6, 6.07) is 0.859. The van der Waals surface area contributed by atoms with Gasteiger partial charge in [-0.25, -0.2) is 0 Å². The van der Waals surface area contributed by atoms with Crippen LogP contribution < -0.4 is 0 Å². The molecule has 0 radical (unpaired) electrons. The molecule has 102 valence electrons. The van der Waals surface area contributed by atoms with E-state index in [0.717, 1.165) is 13.1 Å². The van der Waals surface area contributed by atoms with E-state index < -0.39 is 0 Å². The Hall–Kier alpha value is 0.554. The molecular formula is C12H30N4Ti. The van der Waals surface area contributed by atoms with Crippen molar-refractivity contribution in [1.29, 1.82) is 0 Å². The molecule has 2 atom stereocenters. The quantitative estimate of drug-likeness (QED) is 0.544. The smallest absolute Gasteiger partial charge is 0.668 e. The van der Waals surface area contributed by atoms with Crippen molar-refractivity contribution in [2.24, 2.45) is 0 Å². The van der Waals surface area contributed by atoms with Crippen molar-refractivity contribution in [3.8, 4) is 0 Å². The molecule has 0 heterocycles. The van der Waals surface area contributed by atoms with Gasteiger partial charge in [0.2, 0.25) is 0 Å². The molecule has 2 unspecified atom stereocenters. The molecule has 0 aromatic carbocycles. The molecule has 5 heteroatoms. The van der Waals surface area contributed by atoms with Gasteiger partial charge in [-0.3, -0.25) is 0 Å². The van der Waals surface area contributed by atoms with Gasteiger partial charge in [-0.05, 0) is 20.1 Å². The van der Waals surface area contributed by atoms with Crippen LogP contribution in [0.15, 0.2) is 0 Å². The Kier molecular flexibility index (Phi) is 29.1. The van der Waals surface area contributed by atoms with Crippen LogP contribution in [0.4, 0.5) is 0 Å². The number of likely N-dealkylation sites (N-methyl/N-ethyl adjacent to an activating group) is 3. The number of hydrogen-bond acceptors (Lipinski definition) is 1. The summed E-state index contributed by atoms with van der Waals surface area (Å²) >= 11 is 0. The van der Waals surface area contributed by atoms with Gasteiger partial charge in [-0.2, -0.15) is 28.2 Å². The predicted octanol–water partition coefficient (Wildman–Crippen LogP) is 2.77. The average Bonchev–Trinajstić information content (AvgIpc) is 2.18. The molecule has 0 N–H and O–H groups in total.